The Kier molecular flexibility index (Phi) is 4.48. The molecule has 0 amide bonds. The molecule has 1 aromatic rings. The van der Waals surface area contributed by atoms with Crippen molar-refractivity contribution in [2.75, 3.05) is 13.7 Å². The van der Waals surface area contributed by atoms with Crippen LogP contribution < -0.4 is 15.2 Å². The number of ether oxygens (including phenoxy) is 2. The van der Waals surface area contributed by atoms with Gasteiger partial charge in [0.25, 0.3) is 0 Å². The van der Waals surface area contributed by atoms with Crippen molar-refractivity contribution >= 4 is 0 Å². The van der Waals surface area contributed by atoms with Crippen LogP contribution in [0.5, 0.6) is 11.5 Å². The first-order chi connectivity index (χ1) is 8.74. The topological polar surface area (TPSA) is 44.5 Å². The number of nitrogens with two attached hydrogens (primary N) is 1. The van der Waals surface area contributed by atoms with E-state index in [0.29, 0.717) is 18.4 Å². The molecule has 3 nitrogen and oxygen atoms in total. The van der Waals surface area contributed by atoms with Gasteiger partial charge in [0, 0.05) is 5.92 Å². The van der Waals surface area contributed by atoms with Crippen LogP contribution in [-0.4, -0.2) is 19.8 Å². The molecule has 1 aromatic carbocycles. The molecule has 0 aromatic heterocycles. The Morgan fingerprint density at radius 3 is 2.61 bits per heavy atom. The third kappa shape index (κ3) is 2.96. The van der Waals surface area contributed by atoms with Crippen molar-refractivity contribution < 1.29 is 9.47 Å². The summed E-state index contributed by atoms with van der Waals surface area (Å²) in [5, 5.41) is 0. The molecule has 0 aliphatic heterocycles. The van der Waals surface area contributed by atoms with E-state index in [0.717, 1.165) is 24.3 Å². The lowest BCUT2D eigenvalue weighted by atomic mass is 9.80. The molecule has 0 spiro atoms. The molecule has 0 saturated heterocycles. The van der Waals surface area contributed by atoms with Gasteiger partial charge in [-0.3, -0.25) is 0 Å². The zero-order chi connectivity index (χ0) is 13.0. The molecular weight excluding hydrogens is 226 g/mol. The van der Waals surface area contributed by atoms with Gasteiger partial charge in [0.2, 0.25) is 0 Å². The van der Waals surface area contributed by atoms with Crippen molar-refractivity contribution in [3.05, 3.63) is 24.3 Å². The van der Waals surface area contributed by atoms with Crippen LogP contribution in [0.25, 0.3) is 0 Å². The first kappa shape index (κ1) is 13.2. The second-order valence-corrected chi connectivity index (χ2v) is 5.22. The Balaban J connectivity index is 2.10. The Morgan fingerprint density at radius 1 is 1.22 bits per heavy atom. The van der Waals surface area contributed by atoms with Crippen LogP contribution in [0.4, 0.5) is 0 Å². The molecule has 1 aliphatic carbocycles. The molecule has 0 bridgehead atoms. The molecule has 3 unspecified atom stereocenters. The lowest BCUT2D eigenvalue weighted by Gasteiger charge is -2.34. The Bertz CT molecular complexity index is 381. The van der Waals surface area contributed by atoms with Crippen molar-refractivity contribution in [1.29, 1.82) is 0 Å². The lowest BCUT2D eigenvalue weighted by Crippen LogP contribution is -2.37. The van der Waals surface area contributed by atoms with Crippen LogP contribution in [0, 0.1) is 11.8 Å². The van der Waals surface area contributed by atoms with Gasteiger partial charge in [0.1, 0.15) is 6.10 Å². The van der Waals surface area contributed by atoms with Crippen molar-refractivity contribution in [2.24, 2.45) is 17.6 Å². The maximum atomic E-state index is 6.15. The largest absolute Gasteiger partial charge is 0.493 e. The first-order valence-corrected chi connectivity index (χ1v) is 6.74. The predicted octanol–water partition coefficient (Wildman–Crippen LogP) is 2.84. The summed E-state index contributed by atoms with van der Waals surface area (Å²) in [7, 11) is 1.67. The van der Waals surface area contributed by atoms with E-state index in [1.165, 1.54) is 6.42 Å². The average molecular weight is 249 g/mol. The van der Waals surface area contributed by atoms with E-state index in [1.54, 1.807) is 7.11 Å². The highest BCUT2D eigenvalue weighted by Gasteiger charge is 2.29. The molecule has 1 aliphatic rings. The fourth-order valence-electron chi connectivity index (χ4n) is 2.68. The summed E-state index contributed by atoms with van der Waals surface area (Å²) in [6.45, 7) is 2.98. The van der Waals surface area contributed by atoms with E-state index >= 15 is 0 Å². The van der Waals surface area contributed by atoms with Gasteiger partial charge in [0.15, 0.2) is 11.5 Å². The first-order valence-electron chi connectivity index (χ1n) is 6.74. The molecular formula is C15H23NO2. The molecule has 3 atom stereocenters. The molecule has 100 valence electrons. The van der Waals surface area contributed by atoms with Crippen molar-refractivity contribution in [2.45, 2.75) is 32.3 Å². The second kappa shape index (κ2) is 6.10. The molecule has 18 heavy (non-hydrogen) atoms. The number of rotatable bonds is 4. The van der Waals surface area contributed by atoms with Gasteiger partial charge >= 0.3 is 0 Å². The second-order valence-electron chi connectivity index (χ2n) is 5.22. The number of para-hydroxylation sites is 2. The summed E-state index contributed by atoms with van der Waals surface area (Å²) < 4.78 is 11.5. The number of methoxy groups -OCH3 is 1. The van der Waals surface area contributed by atoms with Gasteiger partial charge in [0.05, 0.1) is 7.11 Å². The SMILES string of the molecule is COc1ccccc1OC1CC(C)CCC1CN. The van der Waals surface area contributed by atoms with Gasteiger partial charge in [-0.2, -0.15) is 0 Å². The molecule has 2 rings (SSSR count). The third-order valence-electron chi connectivity index (χ3n) is 3.84. The minimum absolute atomic E-state index is 0.218. The Labute approximate surface area is 109 Å². The number of hydrogen-bond acceptors (Lipinski definition) is 3. The quantitative estimate of drug-likeness (QED) is 0.892. The lowest BCUT2D eigenvalue weighted by molar-refractivity contribution is 0.0716. The minimum Gasteiger partial charge on any atom is -0.493 e. The molecule has 1 saturated carbocycles. The van der Waals surface area contributed by atoms with E-state index < -0.39 is 0 Å². The summed E-state index contributed by atoms with van der Waals surface area (Å²) in [4.78, 5) is 0. The number of benzene rings is 1. The van der Waals surface area contributed by atoms with Gasteiger partial charge < -0.3 is 15.2 Å². The summed E-state index contributed by atoms with van der Waals surface area (Å²) in [5.41, 5.74) is 5.85. The molecule has 0 heterocycles. The van der Waals surface area contributed by atoms with Crippen molar-refractivity contribution in [1.82, 2.24) is 0 Å². The minimum atomic E-state index is 0.218. The van der Waals surface area contributed by atoms with Crippen LogP contribution >= 0.6 is 0 Å². The zero-order valence-electron chi connectivity index (χ0n) is 11.3. The van der Waals surface area contributed by atoms with Crippen LogP contribution in [0.3, 0.4) is 0 Å². The van der Waals surface area contributed by atoms with Gasteiger partial charge in [-0.1, -0.05) is 25.5 Å². The Morgan fingerprint density at radius 2 is 1.94 bits per heavy atom. The van der Waals surface area contributed by atoms with Gasteiger partial charge in [-0.25, -0.2) is 0 Å². The van der Waals surface area contributed by atoms with Crippen LogP contribution in [0.15, 0.2) is 24.3 Å². The summed E-state index contributed by atoms with van der Waals surface area (Å²) in [5.74, 6) is 2.81. The normalized spacial score (nSPS) is 27.8. The summed E-state index contributed by atoms with van der Waals surface area (Å²) in [6.07, 6.45) is 3.72. The van der Waals surface area contributed by atoms with Gasteiger partial charge in [-0.05, 0) is 37.4 Å². The van der Waals surface area contributed by atoms with Crippen LogP contribution in [0.2, 0.25) is 0 Å². The summed E-state index contributed by atoms with van der Waals surface area (Å²) >= 11 is 0. The van der Waals surface area contributed by atoms with E-state index in [1.807, 2.05) is 24.3 Å². The highest BCUT2D eigenvalue weighted by Crippen LogP contribution is 2.34. The monoisotopic (exact) mass is 249 g/mol. The maximum Gasteiger partial charge on any atom is 0.161 e. The maximum absolute atomic E-state index is 6.15. The van der Waals surface area contributed by atoms with Crippen molar-refractivity contribution in [3.63, 3.8) is 0 Å². The standard InChI is InChI=1S/C15H23NO2/c1-11-7-8-12(10-16)15(9-11)18-14-6-4-3-5-13(14)17-2/h3-6,11-12,15H,7-10,16H2,1-2H3. The number of hydrogen-bond donors (Lipinski definition) is 1. The van der Waals surface area contributed by atoms with Gasteiger partial charge in [-0.15, -0.1) is 0 Å². The smallest absolute Gasteiger partial charge is 0.161 e. The fourth-order valence-corrected chi connectivity index (χ4v) is 2.68. The van der Waals surface area contributed by atoms with Crippen LogP contribution in [-0.2, 0) is 0 Å². The van der Waals surface area contributed by atoms with E-state index in [9.17, 15) is 0 Å². The van der Waals surface area contributed by atoms with E-state index in [4.69, 9.17) is 15.2 Å². The molecule has 3 heteroatoms. The van der Waals surface area contributed by atoms with E-state index in [2.05, 4.69) is 6.92 Å². The summed E-state index contributed by atoms with van der Waals surface area (Å²) in [6, 6.07) is 7.82. The van der Waals surface area contributed by atoms with E-state index in [-0.39, 0.29) is 6.10 Å². The zero-order valence-corrected chi connectivity index (χ0v) is 11.3. The highest BCUT2D eigenvalue weighted by molar-refractivity contribution is 5.39. The highest BCUT2D eigenvalue weighted by atomic mass is 16.5. The fraction of sp³-hybridized carbons (Fsp3) is 0.600. The predicted molar refractivity (Wildman–Crippen MR) is 73.0 cm³/mol. The molecule has 2 N–H and O–H groups in total. The van der Waals surface area contributed by atoms with Crippen molar-refractivity contribution in [3.8, 4) is 11.5 Å². The van der Waals surface area contributed by atoms with Crippen LogP contribution in [0.1, 0.15) is 26.2 Å². The molecule has 0 radical (unpaired) electrons. The third-order valence-corrected chi connectivity index (χ3v) is 3.84. The average Bonchev–Trinajstić information content (AvgIpc) is 2.40. The molecule has 1 fully saturated rings. The Hall–Kier alpha value is -1.22.